The van der Waals surface area contributed by atoms with Gasteiger partial charge in [-0.2, -0.15) is 0 Å². The number of carbonyl (C=O) groups excluding carboxylic acids is 2. The molecule has 2 rings (SSSR count). The summed E-state index contributed by atoms with van der Waals surface area (Å²) in [6.07, 6.45) is 2.13. The molecule has 0 saturated heterocycles. The number of carbonyl (C=O) groups is 2. The van der Waals surface area contributed by atoms with Gasteiger partial charge in [0.2, 0.25) is 0 Å². The SMILES string of the molecule is CCOC(=O)C(=CNCCc1c(C)[nH]c2ccccc12)C(=O)OCC. The van der Waals surface area contributed by atoms with Gasteiger partial charge in [-0.1, -0.05) is 18.2 Å². The van der Waals surface area contributed by atoms with Crippen LogP contribution in [-0.2, 0) is 25.5 Å². The smallest absolute Gasteiger partial charge is 0.347 e. The first-order valence-corrected chi connectivity index (χ1v) is 8.42. The molecule has 0 aliphatic carbocycles. The second-order valence-electron chi connectivity index (χ2n) is 5.48. The third kappa shape index (κ3) is 4.62. The summed E-state index contributed by atoms with van der Waals surface area (Å²) in [5, 5.41) is 4.20. The predicted octanol–water partition coefficient (Wildman–Crippen LogP) is 2.62. The predicted molar refractivity (Wildman–Crippen MR) is 96.1 cm³/mol. The number of para-hydroxylation sites is 1. The van der Waals surface area contributed by atoms with E-state index in [1.54, 1.807) is 13.8 Å². The Morgan fingerprint density at radius 1 is 1.12 bits per heavy atom. The van der Waals surface area contributed by atoms with Crippen LogP contribution in [-0.4, -0.2) is 36.7 Å². The van der Waals surface area contributed by atoms with Gasteiger partial charge in [-0.3, -0.25) is 0 Å². The summed E-state index contributed by atoms with van der Waals surface area (Å²) in [7, 11) is 0. The summed E-state index contributed by atoms with van der Waals surface area (Å²) in [5.41, 5.74) is 3.30. The number of nitrogens with one attached hydrogen (secondary N) is 2. The number of aryl methyl sites for hydroxylation is 1. The molecule has 0 spiro atoms. The topological polar surface area (TPSA) is 80.4 Å². The fourth-order valence-electron chi connectivity index (χ4n) is 2.65. The van der Waals surface area contributed by atoms with Crippen LogP contribution in [0.5, 0.6) is 0 Å². The van der Waals surface area contributed by atoms with E-state index in [4.69, 9.17) is 9.47 Å². The van der Waals surface area contributed by atoms with Gasteiger partial charge < -0.3 is 19.8 Å². The van der Waals surface area contributed by atoms with E-state index in [9.17, 15) is 9.59 Å². The molecule has 6 heteroatoms. The Balaban J connectivity index is 2.04. The summed E-state index contributed by atoms with van der Waals surface area (Å²) < 4.78 is 9.80. The number of rotatable bonds is 8. The molecule has 0 saturated carbocycles. The molecule has 1 heterocycles. The molecule has 1 aromatic heterocycles. The van der Waals surface area contributed by atoms with Crippen LogP contribution in [0.3, 0.4) is 0 Å². The van der Waals surface area contributed by atoms with Crippen molar-refractivity contribution < 1.29 is 19.1 Å². The lowest BCUT2D eigenvalue weighted by molar-refractivity contribution is -0.146. The van der Waals surface area contributed by atoms with Gasteiger partial charge in [-0.15, -0.1) is 0 Å². The number of H-pyrrole nitrogens is 1. The number of hydrogen-bond donors (Lipinski definition) is 2. The molecule has 0 amide bonds. The van der Waals surface area contributed by atoms with Crippen LogP contribution >= 0.6 is 0 Å². The minimum Gasteiger partial charge on any atom is -0.462 e. The van der Waals surface area contributed by atoms with Gasteiger partial charge >= 0.3 is 11.9 Å². The van der Waals surface area contributed by atoms with E-state index in [2.05, 4.69) is 16.4 Å². The van der Waals surface area contributed by atoms with E-state index in [1.165, 1.54) is 17.1 Å². The normalized spacial score (nSPS) is 10.4. The molecule has 25 heavy (non-hydrogen) atoms. The summed E-state index contributed by atoms with van der Waals surface area (Å²) in [6.45, 7) is 6.38. The third-order valence-corrected chi connectivity index (χ3v) is 3.78. The largest absolute Gasteiger partial charge is 0.462 e. The molecule has 2 N–H and O–H groups in total. The van der Waals surface area contributed by atoms with Gasteiger partial charge in [-0.05, 0) is 38.8 Å². The average Bonchev–Trinajstić information content (AvgIpc) is 2.90. The monoisotopic (exact) mass is 344 g/mol. The van der Waals surface area contributed by atoms with Crippen LogP contribution in [0.1, 0.15) is 25.1 Å². The van der Waals surface area contributed by atoms with E-state index in [1.807, 2.05) is 25.1 Å². The molecule has 0 bridgehead atoms. The Bertz CT molecular complexity index is 757. The summed E-state index contributed by atoms with van der Waals surface area (Å²) in [4.78, 5) is 27.1. The number of hydrogen-bond acceptors (Lipinski definition) is 5. The second kappa shape index (κ2) is 8.92. The quantitative estimate of drug-likeness (QED) is 0.253. The Labute approximate surface area is 147 Å². The zero-order chi connectivity index (χ0) is 18.2. The molecular weight excluding hydrogens is 320 g/mol. The highest BCUT2D eigenvalue weighted by Gasteiger charge is 2.20. The van der Waals surface area contributed by atoms with Crippen molar-refractivity contribution in [1.29, 1.82) is 0 Å². The lowest BCUT2D eigenvalue weighted by Crippen LogP contribution is -2.22. The highest BCUT2D eigenvalue weighted by Crippen LogP contribution is 2.21. The van der Waals surface area contributed by atoms with Crippen LogP contribution < -0.4 is 5.32 Å². The van der Waals surface area contributed by atoms with Gasteiger partial charge in [0.1, 0.15) is 0 Å². The first-order valence-electron chi connectivity index (χ1n) is 8.42. The first kappa shape index (κ1) is 18.6. The molecule has 0 aliphatic rings. The van der Waals surface area contributed by atoms with Crippen molar-refractivity contribution in [3.05, 3.63) is 47.3 Å². The van der Waals surface area contributed by atoms with Crippen LogP contribution in [0.15, 0.2) is 36.0 Å². The van der Waals surface area contributed by atoms with Crippen LogP contribution in [0.2, 0.25) is 0 Å². The summed E-state index contributed by atoms with van der Waals surface area (Å²) >= 11 is 0. The van der Waals surface area contributed by atoms with Gasteiger partial charge in [0.15, 0.2) is 5.57 Å². The van der Waals surface area contributed by atoms with E-state index in [0.29, 0.717) is 6.54 Å². The number of aromatic nitrogens is 1. The Morgan fingerprint density at radius 2 is 1.76 bits per heavy atom. The molecule has 134 valence electrons. The average molecular weight is 344 g/mol. The summed E-state index contributed by atoms with van der Waals surface area (Å²) in [6, 6.07) is 8.12. The van der Waals surface area contributed by atoms with E-state index >= 15 is 0 Å². The molecule has 0 aliphatic heterocycles. The maximum absolute atomic E-state index is 11.9. The van der Waals surface area contributed by atoms with E-state index in [0.717, 1.165) is 17.6 Å². The number of esters is 2. The molecule has 0 atom stereocenters. The van der Waals surface area contributed by atoms with Crippen molar-refractivity contribution >= 4 is 22.8 Å². The zero-order valence-corrected chi connectivity index (χ0v) is 14.8. The van der Waals surface area contributed by atoms with Crippen molar-refractivity contribution in [1.82, 2.24) is 10.3 Å². The molecule has 6 nitrogen and oxygen atoms in total. The van der Waals surface area contributed by atoms with Crippen molar-refractivity contribution in [2.24, 2.45) is 0 Å². The Morgan fingerprint density at radius 3 is 2.40 bits per heavy atom. The fraction of sp³-hybridized carbons (Fsp3) is 0.368. The molecule has 1 aromatic carbocycles. The minimum atomic E-state index is -0.684. The zero-order valence-electron chi connectivity index (χ0n) is 14.8. The van der Waals surface area contributed by atoms with Crippen LogP contribution in [0.25, 0.3) is 10.9 Å². The lowest BCUT2D eigenvalue weighted by Gasteiger charge is -2.08. The molecule has 0 unspecified atom stereocenters. The molecule has 0 fully saturated rings. The lowest BCUT2D eigenvalue weighted by atomic mass is 10.1. The number of benzene rings is 1. The van der Waals surface area contributed by atoms with Gasteiger partial charge in [0.25, 0.3) is 0 Å². The van der Waals surface area contributed by atoms with Crippen molar-refractivity contribution in [3.63, 3.8) is 0 Å². The van der Waals surface area contributed by atoms with Crippen LogP contribution in [0.4, 0.5) is 0 Å². The van der Waals surface area contributed by atoms with Crippen molar-refractivity contribution in [3.8, 4) is 0 Å². The molecule has 0 radical (unpaired) electrons. The maximum atomic E-state index is 11.9. The van der Waals surface area contributed by atoms with E-state index in [-0.39, 0.29) is 18.8 Å². The third-order valence-electron chi connectivity index (χ3n) is 3.78. The molecular formula is C19H24N2O4. The minimum absolute atomic E-state index is 0.126. The van der Waals surface area contributed by atoms with Crippen molar-refractivity contribution in [2.45, 2.75) is 27.2 Å². The highest BCUT2D eigenvalue weighted by atomic mass is 16.6. The number of ether oxygens (including phenoxy) is 2. The van der Waals surface area contributed by atoms with Gasteiger partial charge in [0.05, 0.1) is 13.2 Å². The Kier molecular flexibility index (Phi) is 6.62. The standard InChI is InChI=1S/C19H24N2O4/c1-4-24-18(22)16(19(23)25-5-2)12-20-11-10-14-13(3)21-17-9-7-6-8-15(14)17/h6-9,12,20-21H,4-5,10-11H2,1-3H3. The van der Waals surface area contributed by atoms with Crippen LogP contribution in [0, 0.1) is 6.92 Å². The number of aromatic amines is 1. The highest BCUT2D eigenvalue weighted by molar-refractivity contribution is 6.13. The Hall–Kier alpha value is -2.76. The maximum Gasteiger partial charge on any atom is 0.347 e. The summed E-state index contributed by atoms with van der Waals surface area (Å²) in [5.74, 6) is -1.37. The van der Waals surface area contributed by atoms with Gasteiger partial charge in [-0.25, -0.2) is 9.59 Å². The number of fused-ring (bicyclic) bond motifs is 1. The second-order valence-corrected chi connectivity index (χ2v) is 5.48. The van der Waals surface area contributed by atoms with Gasteiger partial charge in [0, 0.05) is 29.3 Å². The fourth-order valence-corrected chi connectivity index (χ4v) is 2.65. The van der Waals surface area contributed by atoms with Crippen molar-refractivity contribution in [2.75, 3.05) is 19.8 Å². The first-order chi connectivity index (χ1) is 12.1. The van der Waals surface area contributed by atoms with E-state index < -0.39 is 11.9 Å². The molecule has 2 aromatic rings.